The van der Waals surface area contributed by atoms with Crippen LogP contribution in [0, 0.1) is 0 Å². The molecule has 0 aliphatic carbocycles. The first-order chi connectivity index (χ1) is 7.59. The first-order valence-electron chi connectivity index (χ1n) is 4.29. The molecule has 0 aromatic heterocycles. The van der Waals surface area contributed by atoms with Gasteiger partial charge in [-0.05, 0) is 24.3 Å². The fourth-order valence-electron chi connectivity index (χ4n) is 1.07. The van der Waals surface area contributed by atoms with Gasteiger partial charge in [-0.15, -0.1) is 0 Å². The second-order valence-electron chi connectivity index (χ2n) is 3.28. The summed E-state index contributed by atoms with van der Waals surface area (Å²) in [5.74, 6) is -1.97. The highest BCUT2D eigenvalue weighted by molar-refractivity contribution is 7.92. The number of hydrogen-bond donors (Lipinski definition) is 1. The van der Waals surface area contributed by atoms with Gasteiger partial charge in [0.2, 0.25) is 10.0 Å². The summed E-state index contributed by atoms with van der Waals surface area (Å²) in [4.78, 5) is 10.8. The summed E-state index contributed by atoms with van der Waals surface area (Å²) >= 11 is 0. The molecule has 0 unspecified atom stereocenters. The van der Waals surface area contributed by atoms with Gasteiger partial charge in [-0.1, -0.05) is 0 Å². The number of sulfonamides is 1. The van der Waals surface area contributed by atoms with Gasteiger partial charge >= 0.3 is 6.18 Å². The zero-order valence-electron chi connectivity index (χ0n) is 8.58. The molecule has 1 aromatic carbocycles. The van der Waals surface area contributed by atoms with Gasteiger partial charge in [0, 0.05) is 11.3 Å². The first kappa shape index (κ1) is 13.5. The SMILES string of the molecule is CS(=O)(=O)Nc1ccc(C(=O)C(F)(F)F)cc1. The molecule has 0 radical (unpaired) electrons. The molecule has 1 rings (SSSR count). The van der Waals surface area contributed by atoms with E-state index < -0.39 is 27.5 Å². The van der Waals surface area contributed by atoms with Gasteiger partial charge < -0.3 is 0 Å². The van der Waals surface area contributed by atoms with Crippen LogP contribution < -0.4 is 4.72 Å². The number of benzene rings is 1. The molecule has 0 bridgehead atoms. The zero-order chi connectivity index (χ0) is 13.3. The Balaban J connectivity index is 2.93. The van der Waals surface area contributed by atoms with E-state index >= 15 is 0 Å². The van der Waals surface area contributed by atoms with Crippen LogP contribution in [0.5, 0.6) is 0 Å². The van der Waals surface area contributed by atoms with E-state index in [1.54, 1.807) is 0 Å². The van der Waals surface area contributed by atoms with E-state index in [-0.39, 0.29) is 5.69 Å². The van der Waals surface area contributed by atoms with Crippen molar-refractivity contribution in [3.63, 3.8) is 0 Å². The summed E-state index contributed by atoms with van der Waals surface area (Å²) in [5, 5.41) is 0. The van der Waals surface area contributed by atoms with Crippen molar-refractivity contribution in [2.75, 3.05) is 11.0 Å². The minimum absolute atomic E-state index is 0.0891. The number of Topliss-reactive ketones (excluding diaryl/α,β-unsaturated/α-hetero) is 1. The molecular weight excluding hydrogens is 259 g/mol. The molecule has 4 nitrogen and oxygen atoms in total. The van der Waals surface area contributed by atoms with E-state index in [2.05, 4.69) is 4.72 Å². The van der Waals surface area contributed by atoms with Gasteiger partial charge in [0.1, 0.15) is 0 Å². The maximum Gasteiger partial charge on any atom is 0.454 e. The van der Waals surface area contributed by atoms with Gasteiger partial charge in [0.25, 0.3) is 5.78 Å². The quantitative estimate of drug-likeness (QED) is 0.849. The lowest BCUT2D eigenvalue weighted by Crippen LogP contribution is -2.22. The third kappa shape index (κ3) is 4.06. The molecule has 0 aliphatic heterocycles. The zero-order valence-corrected chi connectivity index (χ0v) is 9.39. The van der Waals surface area contributed by atoms with E-state index in [0.29, 0.717) is 0 Å². The molecule has 8 heteroatoms. The highest BCUT2D eigenvalue weighted by atomic mass is 32.2. The summed E-state index contributed by atoms with van der Waals surface area (Å²) in [6.07, 6.45) is -4.03. The van der Waals surface area contributed by atoms with Crippen molar-refractivity contribution >= 4 is 21.5 Å². The van der Waals surface area contributed by atoms with Crippen LogP contribution in [0.15, 0.2) is 24.3 Å². The maximum absolute atomic E-state index is 12.0. The second kappa shape index (κ2) is 4.36. The number of rotatable bonds is 3. The molecule has 0 aliphatic rings. The fraction of sp³-hybridized carbons (Fsp3) is 0.222. The monoisotopic (exact) mass is 267 g/mol. The second-order valence-corrected chi connectivity index (χ2v) is 5.03. The molecule has 1 aromatic rings. The van der Waals surface area contributed by atoms with Crippen molar-refractivity contribution in [2.45, 2.75) is 6.18 Å². The third-order valence-corrected chi connectivity index (χ3v) is 2.31. The Labute approximate surface area is 95.5 Å². The number of ketones is 1. The van der Waals surface area contributed by atoms with E-state index in [4.69, 9.17) is 0 Å². The van der Waals surface area contributed by atoms with Gasteiger partial charge in [-0.25, -0.2) is 8.42 Å². The molecule has 94 valence electrons. The lowest BCUT2D eigenvalue weighted by Gasteiger charge is -2.07. The molecular formula is C9H8F3NO3S. The highest BCUT2D eigenvalue weighted by Crippen LogP contribution is 2.22. The minimum Gasteiger partial charge on any atom is -0.284 e. The van der Waals surface area contributed by atoms with E-state index in [0.717, 1.165) is 30.5 Å². The van der Waals surface area contributed by atoms with Crippen LogP contribution in [0.25, 0.3) is 0 Å². The Morgan fingerprint density at radius 2 is 1.65 bits per heavy atom. The van der Waals surface area contributed by atoms with Crippen molar-refractivity contribution in [1.29, 1.82) is 0 Å². The topological polar surface area (TPSA) is 63.2 Å². The van der Waals surface area contributed by atoms with Crippen LogP contribution in [0.4, 0.5) is 18.9 Å². The number of carbonyl (C=O) groups excluding carboxylic acids is 1. The van der Waals surface area contributed by atoms with Crippen LogP contribution in [-0.2, 0) is 10.0 Å². The predicted octanol–water partition coefficient (Wildman–Crippen LogP) is 1.80. The predicted molar refractivity (Wildman–Crippen MR) is 55.3 cm³/mol. The van der Waals surface area contributed by atoms with Crippen LogP contribution in [-0.4, -0.2) is 26.6 Å². The van der Waals surface area contributed by atoms with Crippen LogP contribution in [0.1, 0.15) is 10.4 Å². The van der Waals surface area contributed by atoms with Crippen molar-refractivity contribution in [2.24, 2.45) is 0 Å². The molecule has 0 saturated heterocycles. The molecule has 0 amide bonds. The summed E-state index contributed by atoms with van der Waals surface area (Å²) in [6, 6.07) is 3.98. The Kier molecular flexibility index (Phi) is 3.46. The van der Waals surface area contributed by atoms with Crippen LogP contribution in [0.3, 0.4) is 0 Å². The number of alkyl halides is 3. The molecule has 0 heterocycles. The Morgan fingerprint density at radius 3 is 2.00 bits per heavy atom. The van der Waals surface area contributed by atoms with Gasteiger partial charge in [-0.2, -0.15) is 13.2 Å². The molecule has 0 atom stereocenters. The van der Waals surface area contributed by atoms with Crippen LogP contribution in [0.2, 0.25) is 0 Å². The van der Waals surface area contributed by atoms with E-state index in [9.17, 15) is 26.4 Å². The fourth-order valence-corrected chi connectivity index (χ4v) is 1.63. The molecule has 0 fully saturated rings. The van der Waals surface area contributed by atoms with Crippen molar-refractivity contribution in [3.8, 4) is 0 Å². The summed E-state index contributed by atoms with van der Waals surface area (Å²) in [7, 11) is -3.50. The number of hydrogen-bond acceptors (Lipinski definition) is 3. The van der Waals surface area contributed by atoms with Crippen LogP contribution >= 0.6 is 0 Å². The van der Waals surface area contributed by atoms with Gasteiger partial charge in [0.15, 0.2) is 0 Å². The lowest BCUT2D eigenvalue weighted by atomic mass is 10.1. The highest BCUT2D eigenvalue weighted by Gasteiger charge is 2.39. The van der Waals surface area contributed by atoms with Crippen molar-refractivity contribution in [1.82, 2.24) is 0 Å². The molecule has 1 N–H and O–H groups in total. The van der Waals surface area contributed by atoms with E-state index in [1.165, 1.54) is 0 Å². The minimum atomic E-state index is -4.94. The smallest absolute Gasteiger partial charge is 0.284 e. The maximum atomic E-state index is 12.0. The molecule has 17 heavy (non-hydrogen) atoms. The number of nitrogens with one attached hydrogen (secondary N) is 1. The van der Waals surface area contributed by atoms with Crippen molar-refractivity contribution < 1.29 is 26.4 Å². The van der Waals surface area contributed by atoms with Crippen molar-refractivity contribution in [3.05, 3.63) is 29.8 Å². The Bertz CT molecular complexity index is 519. The first-order valence-corrected chi connectivity index (χ1v) is 6.18. The molecule has 0 saturated carbocycles. The Hall–Kier alpha value is -1.57. The lowest BCUT2D eigenvalue weighted by molar-refractivity contribution is -0.0885. The van der Waals surface area contributed by atoms with Gasteiger partial charge in [0.05, 0.1) is 6.26 Å². The number of anilines is 1. The van der Waals surface area contributed by atoms with E-state index in [1.807, 2.05) is 0 Å². The number of halogens is 3. The number of carbonyl (C=O) groups is 1. The largest absolute Gasteiger partial charge is 0.454 e. The summed E-state index contributed by atoms with van der Waals surface area (Å²) in [6.45, 7) is 0. The standard InChI is InChI=1S/C9H8F3NO3S/c1-17(15,16)13-7-4-2-6(3-5-7)8(14)9(10,11)12/h2-5,13H,1H3. The normalized spacial score (nSPS) is 12.2. The summed E-state index contributed by atoms with van der Waals surface area (Å²) in [5.41, 5.74) is -0.456. The summed E-state index contributed by atoms with van der Waals surface area (Å²) < 4.78 is 59.8. The molecule has 0 spiro atoms. The average molecular weight is 267 g/mol. The third-order valence-electron chi connectivity index (χ3n) is 1.71. The Morgan fingerprint density at radius 1 is 1.18 bits per heavy atom. The average Bonchev–Trinajstić information content (AvgIpc) is 2.14. The van der Waals surface area contributed by atoms with Gasteiger partial charge in [-0.3, -0.25) is 9.52 Å².